The number of aliphatic imine (C=N–C) groups is 1. The van der Waals surface area contributed by atoms with Gasteiger partial charge < -0.3 is 11.1 Å². The first kappa shape index (κ1) is 14.8. The Balaban J connectivity index is 1.86. The molecule has 20 heavy (non-hydrogen) atoms. The Hall–Kier alpha value is -1.60. The van der Waals surface area contributed by atoms with Crippen LogP contribution in [0.1, 0.15) is 24.8 Å². The van der Waals surface area contributed by atoms with Crippen molar-refractivity contribution in [2.24, 2.45) is 21.8 Å². The summed E-state index contributed by atoms with van der Waals surface area (Å²) >= 11 is 0. The van der Waals surface area contributed by atoms with Gasteiger partial charge in [0.2, 0.25) is 10.0 Å². The molecule has 1 aromatic carbocycles. The van der Waals surface area contributed by atoms with Gasteiger partial charge in [-0.25, -0.2) is 18.5 Å². The third kappa shape index (κ3) is 4.21. The van der Waals surface area contributed by atoms with E-state index in [4.69, 9.17) is 10.9 Å². The summed E-state index contributed by atoms with van der Waals surface area (Å²) in [7, 11) is -3.64. The highest BCUT2D eigenvalue weighted by molar-refractivity contribution is 7.89. The monoisotopic (exact) mass is 296 g/mol. The highest BCUT2D eigenvalue weighted by Gasteiger charge is 2.16. The maximum absolute atomic E-state index is 11.1. The number of hydrogen-bond acceptors (Lipinski definition) is 3. The van der Waals surface area contributed by atoms with Crippen LogP contribution in [0.2, 0.25) is 0 Å². The second-order valence-corrected chi connectivity index (χ2v) is 6.63. The number of nitrogens with zero attached hydrogens (tertiary/aromatic N) is 1. The van der Waals surface area contributed by atoms with Crippen LogP contribution in [0.5, 0.6) is 0 Å². The van der Waals surface area contributed by atoms with Crippen LogP contribution < -0.4 is 16.2 Å². The van der Waals surface area contributed by atoms with Crippen molar-refractivity contribution in [1.82, 2.24) is 5.32 Å². The normalized spacial score (nSPS) is 16.8. The molecule has 1 aliphatic carbocycles. The SMILES string of the molecule is NC(=NCc1ccc(S(N)(=O)=O)cc1)NCC1CCC1. The second-order valence-electron chi connectivity index (χ2n) is 5.07. The molecule has 5 N–H and O–H groups in total. The quantitative estimate of drug-likeness (QED) is 0.544. The number of rotatable bonds is 5. The maximum Gasteiger partial charge on any atom is 0.238 e. The third-order valence-electron chi connectivity index (χ3n) is 3.48. The van der Waals surface area contributed by atoms with Crippen LogP contribution in [-0.2, 0) is 16.6 Å². The highest BCUT2D eigenvalue weighted by atomic mass is 32.2. The molecule has 0 amide bonds. The van der Waals surface area contributed by atoms with Crippen LogP contribution >= 0.6 is 0 Å². The van der Waals surface area contributed by atoms with Crippen molar-refractivity contribution in [3.63, 3.8) is 0 Å². The topological polar surface area (TPSA) is 111 Å². The Morgan fingerprint density at radius 3 is 2.45 bits per heavy atom. The van der Waals surface area contributed by atoms with E-state index in [0.29, 0.717) is 12.5 Å². The first-order valence-electron chi connectivity index (χ1n) is 6.60. The number of primary sulfonamides is 1. The van der Waals surface area contributed by atoms with Crippen molar-refractivity contribution in [2.45, 2.75) is 30.7 Å². The van der Waals surface area contributed by atoms with E-state index >= 15 is 0 Å². The predicted octanol–water partition coefficient (Wildman–Crippen LogP) is 0.538. The van der Waals surface area contributed by atoms with E-state index in [2.05, 4.69) is 10.3 Å². The van der Waals surface area contributed by atoms with Crippen molar-refractivity contribution in [3.05, 3.63) is 29.8 Å². The van der Waals surface area contributed by atoms with Crippen LogP contribution in [0.4, 0.5) is 0 Å². The molecule has 7 heteroatoms. The minimum absolute atomic E-state index is 0.0984. The summed E-state index contributed by atoms with van der Waals surface area (Å²) in [6, 6.07) is 6.31. The molecule has 1 aromatic rings. The smallest absolute Gasteiger partial charge is 0.238 e. The average molecular weight is 296 g/mol. The molecule has 1 aliphatic rings. The van der Waals surface area contributed by atoms with Gasteiger partial charge in [-0.05, 0) is 36.5 Å². The molecule has 0 saturated heterocycles. The standard InChI is InChI=1S/C13H20N4O2S/c14-13(16-8-10-2-1-3-10)17-9-11-4-6-12(7-5-11)20(15,18)19/h4-7,10H,1-3,8-9H2,(H3,14,16,17)(H2,15,18,19). The van der Waals surface area contributed by atoms with Crippen molar-refractivity contribution >= 4 is 16.0 Å². The van der Waals surface area contributed by atoms with Crippen LogP contribution in [0.25, 0.3) is 0 Å². The molecule has 6 nitrogen and oxygen atoms in total. The van der Waals surface area contributed by atoms with Gasteiger partial charge in [0.05, 0.1) is 11.4 Å². The Bertz CT molecular complexity index is 577. The summed E-state index contributed by atoms with van der Waals surface area (Å²) in [5, 5.41) is 8.13. The van der Waals surface area contributed by atoms with Gasteiger partial charge in [-0.3, -0.25) is 0 Å². The molecule has 2 rings (SSSR count). The maximum atomic E-state index is 11.1. The Kier molecular flexibility index (Phi) is 4.61. The van der Waals surface area contributed by atoms with E-state index in [1.165, 1.54) is 31.4 Å². The van der Waals surface area contributed by atoms with E-state index in [9.17, 15) is 8.42 Å². The molecule has 1 saturated carbocycles. The molecule has 0 spiro atoms. The van der Waals surface area contributed by atoms with Crippen molar-refractivity contribution < 1.29 is 8.42 Å². The molecule has 0 heterocycles. The molecular weight excluding hydrogens is 276 g/mol. The number of benzene rings is 1. The lowest BCUT2D eigenvalue weighted by atomic mass is 9.85. The zero-order valence-corrected chi connectivity index (χ0v) is 12.1. The van der Waals surface area contributed by atoms with Gasteiger partial charge in [0.1, 0.15) is 0 Å². The number of hydrogen-bond donors (Lipinski definition) is 3. The Labute approximate surface area is 119 Å². The van der Waals surface area contributed by atoms with E-state index < -0.39 is 10.0 Å². The number of sulfonamides is 1. The van der Waals surface area contributed by atoms with Gasteiger partial charge in [-0.1, -0.05) is 18.6 Å². The van der Waals surface area contributed by atoms with Gasteiger partial charge >= 0.3 is 0 Å². The first-order valence-corrected chi connectivity index (χ1v) is 8.15. The van der Waals surface area contributed by atoms with Crippen LogP contribution in [0.3, 0.4) is 0 Å². The van der Waals surface area contributed by atoms with Crippen LogP contribution in [-0.4, -0.2) is 20.9 Å². The lowest BCUT2D eigenvalue weighted by Crippen LogP contribution is -2.37. The molecule has 0 aromatic heterocycles. The molecule has 1 fully saturated rings. The number of nitrogens with two attached hydrogens (primary N) is 2. The minimum atomic E-state index is -3.64. The molecule has 0 radical (unpaired) electrons. The summed E-state index contributed by atoms with van der Waals surface area (Å²) in [4.78, 5) is 4.32. The molecule has 0 atom stereocenters. The fraction of sp³-hybridized carbons (Fsp3) is 0.462. The van der Waals surface area contributed by atoms with E-state index in [1.54, 1.807) is 12.1 Å². The number of guanidine groups is 1. The average Bonchev–Trinajstić information content (AvgIpc) is 2.34. The Morgan fingerprint density at radius 1 is 1.30 bits per heavy atom. The summed E-state index contributed by atoms with van der Waals surface area (Å²) in [6.45, 7) is 1.29. The summed E-state index contributed by atoms with van der Waals surface area (Å²) in [5.74, 6) is 1.14. The molecule has 0 unspecified atom stereocenters. The molecule has 110 valence electrons. The van der Waals surface area contributed by atoms with E-state index in [1.807, 2.05) is 0 Å². The fourth-order valence-electron chi connectivity index (χ4n) is 1.96. The van der Waals surface area contributed by atoms with Gasteiger partial charge in [-0.15, -0.1) is 0 Å². The zero-order valence-electron chi connectivity index (χ0n) is 11.2. The van der Waals surface area contributed by atoms with Gasteiger partial charge in [0, 0.05) is 6.54 Å². The minimum Gasteiger partial charge on any atom is -0.370 e. The lowest BCUT2D eigenvalue weighted by Gasteiger charge is -2.25. The molecule has 0 aliphatic heterocycles. The van der Waals surface area contributed by atoms with Crippen molar-refractivity contribution in [3.8, 4) is 0 Å². The van der Waals surface area contributed by atoms with Crippen LogP contribution in [0.15, 0.2) is 34.2 Å². The summed E-state index contributed by atoms with van der Waals surface area (Å²) in [6.07, 6.45) is 3.82. The fourth-order valence-corrected chi connectivity index (χ4v) is 2.48. The van der Waals surface area contributed by atoms with Crippen LogP contribution in [0, 0.1) is 5.92 Å². The van der Waals surface area contributed by atoms with E-state index in [-0.39, 0.29) is 4.90 Å². The largest absolute Gasteiger partial charge is 0.370 e. The summed E-state index contributed by atoms with van der Waals surface area (Å²) < 4.78 is 22.2. The lowest BCUT2D eigenvalue weighted by molar-refractivity contribution is 0.315. The van der Waals surface area contributed by atoms with Crippen molar-refractivity contribution in [1.29, 1.82) is 0 Å². The second kappa shape index (κ2) is 6.23. The summed E-state index contributed by atoms with van der Waals surface area (Å²) in [5.41, 5.74) is 6.65. The van der Waals surface area contributed by atoms with Gasteiger partial charge in [0.25, 0.3) is 0 Å². The molecule has 0 bridgehead atoms. The highest BCUT2D eigenvalue weighted by Crippen LogP contribution is 2.24. The Morgan fingerprint density at radius 2 is 1.95 bits per heavy atom. The molecular formula is C13H20N4O2S. The number of nitrogens with one attached hydrogen (secondary N) is 1. The van der Waals surface area contributed by atoms with Gasteiger partial charge in [-0.2, -0.15) is 0 Å². The van der Waals surface area contributed by atoms with Crippen molar-refractivity contribution in [2.75, 3.05) is 6.54 Å². The van der Waals surface area contributed by atoms with Gasteiger partial charge in [0.15, 0.2) is 5.96 Å². The van der Waals surface area contributed by atoms with E-state index in [0.717, 1.165) is 18.0 Å². The third-order valence-corrected chi connectivity index (χ3v) is 4.41. The first-order chi connectivity index (χ1) is 9.45. The predicted molar refractivity (Wildman–Crippen MR) is 78.5 cm³/mol. The zero-order chi connectivity index (χ0) is 14.6.